The number of carbonyl (C=O) groups excluding carboxylic acids is 1. The number of methoxy groups -OCH3 is 2. The molecule has 0 aliphatic heterocycles. The summed E-state index contributed by atoms with van der Waals surface area (Å²) in [6, 6.07) is 9.87. The highest BCUT2D eigenvalue weighted by molar-refractivity contribution is 7.89. The Kier molecular flexibility index (Phi) is 9.07. The number of carbonyl (C=O) groups is 1. The molecule has 1 aromatic carbocycles. The second kappa shape index (κ2) is 11.3. The van der Waals surface area contributed by atoms with Crippen LogP contribution in [0.5, 0.6) is 0 Å². The molecule has 0 saturated carbocycles. The summed E-state index contributed by atoms with van der Waals surface area (Å²) in [7, 11) is -0.468. The first-order chi connectivity index (χ1) is 13.5. The smallest absolute Gasteiger partial charge is 0.254 e. The maximum Gasteiger partial charge on any atom is 0.254 e. The van der Waals surface area contributed by atoms with Gasteiger partial charge in [-0.15, -0.1) is 11.3 Å². The monoisotopic (exact) mass is 426 g/mol. The van der Waals surface area contributed by atoms with Crippen molar-refractivity contribution in [3.05, 3.63) is 52.2 Å². The van der Waals surface area contributed by atoms with E-state index in [0.29, 0.717) is 44.8 Å². The quantitative estimate of drug-likeness (QED) is 0.561. The number of ether oxygens (including phenoxy) is 2. The fraction of sp³-hybridized carbons (Fsp3) is 0.421. The van der Waals surface area contributed by atoms with Gasteiger partial charge in [-0.1, -0.05) is 6.07 Å². The third-order valence-electron chi connectivity index (χ3n) is 4.07. The molecule has 0 radical (unpaired) electrons. The minimum Gasteiger partial charge on any atom is -0.383 e. The number of rotatable bonds is 12. The van der Waals surface area contributed by atoms with Crippen LogP contribution in [-0.2, 0) is 25.9 Å². The van der Waals surface area contributed by atoms with Gasteiger partial charge in [0.1, 0.15) is 0 Å². The first-order valence-corrected chi connectivity index (χ1v) is 11.2. The number of sulfonamides is 1. The number of nitrogens with one attached hydrogen (secondary N) is 1. The Morgan fingerprint density at radius 3 is 2.25 bits per heavy atom. The fourth-order valence-corrected chi connectivity index (χ4v) is 4.26. The van der Waals surface area contributed by atoms with Crippen molar-refractivity contribution in [2.24, 2.45) is 0 Å². The summed E-state index contributed by atoms with van der Waals surface area (Å²) < 4.78 is 37.5. The van der Waals surface area contributed by atoms with Gasteiger partial charge in [-0.2, -0.15) is 0 Å². The number of hydrogen-bond donors (Lipinski definition) is 1. The van der Waals surface area contributed by atoms with Crippen LogP contribution < -0.4 is 4.72 Å². The topological polar surface area (TPSA) is 84.9 Å². The van der Waals surface area contributed by atoms with Crippen LogP contribution in [0.1, 0.15) is 15.2 Å². The van der Waals surface area contributed by atoms with E-state index >= 15 is 0 Å². The Bertz CT molecular complexity index is 813. The van der Waals surface area contributed by atoms with Crippen LogP contribution in [0.4, 0.5) is 0 Å². The average Bonchev–Trinajstić information content (AvgIpc) is 3.21. The summed E-state index contributed by atoms with van der Waals surface area (Å²) >= 11 is 1.59. The number of hydrogen-bond acceptors (Lipinski definition) is 6. The number of benzene rings is 1. The first kappa shape index (κ1) is 22.5. The highest BCUT2D eigenvalue weighted by Gasteiger charge is 2.18. The lowest BCUT2D eigenvalue weighted by Gasteiger charge is -2.22. The molecule has 9 heteroatoms. The summed E-state index contributed by atoms with van der Waals surface area (Å²) in [5.41, 5.74) is 0.421. The number of nitrogens with zero attached hydrogens (tertiary/aromatic N) is 1. The van der Waals surface area contributed by atoms with Crippen LogP contribution in [-0.4, -0.2) is 66.3 Å². The van der Waals surface area contributed by atoms with E-state index in [1.165, 1.54) is 24.3 Å². The predicted octanol–water partition coefficient (Wildman–Crippen LogP) is 2.00. The molecule has 7 nitrogen and oxygen atoms in total. The van der Waals surface area contributed by atoms with Crippen molar-refractivity contribution in [1.29, 1.82) is 0 Å². The van der Waals surface area contributed by atoms with Crippen LogP contribution in [0.15, 0.2) is 46.7 Å². The molecule has 2 rings (SSSR count). The normalized spacial score (nSPS) is 11.5. The molecule has 154 valence electrons. The fourth-order valence-electron chi connectivity index (χ4n) is 2.52. The summed E-state index contributed by atoms with van der Waals surface area (Å²) in [4.78, 5) is 15.5. The number of thiophene rings is 1. The molecule has 0 spiro atoms. The third-order valence-corrected chi connectivity index (χ3v) is 6.49. The lowest BCUT2D eigenvalue weighted by Crippen LogP contribution is -2.36. The Balaban J connectivity index is 2.00. The Hall–Kier alpha value is -1.78. The van der Waals surface area contributed by atoms with Crippen molar-refractivity contribution in [3.8, 4) is 0 Å². The van der Waals surface area contributed by atoms with Gasteiger partial charge in [0.2, 0.25) is 10.0 Å². The second-order valence-electron chi connectivity index (χ2n) is 6.03. The molecule has 0 bridgehead atoms. The molecule has 1 heterocycles. The summed E-state index contributed by atoms with van der Waals surface area (Å²) in [5.74, 6) is -0.191. The zero-order valence-electron chi connectivity index (χ0n) is 16.1. The molecule has 0 unspecified atom stereocenters. The second-order valence-corrected chi connectivity index (χ2v) is 8.83. The van der Waals surface area contributed by atoms with Gasteiger partial charge in [-0.3, -0.25) is 4.79 Å². The van der Waals surface area contributed by atoms with Crippen LogP contribution in [0, 0.1) is 0 Å². The van der Waals surface area contributed by atoms with E-state index in [4.69, 9.17) is 9.47 Å². The summed E-state index contributed by atoms with van der Waals surface area (Å²) in [6.45, 7) is 2.02. The largest absolute Gasteiger partial charge is 0.383 e. The molecule has 0 saturated heterocycles. The van der Waals surface area contributed by atoms with Gasteiger partial charge in [0, 0.05) is 44.3 Å². The SMILES string of the molecule is COCCN(CCOC)C(=O)c1ccc(S(=O)(=O)NCCc2cccs2)cc1. The minimum absolute atomic E-state index is 0.135. The average molecular weight is 427 g/mol. The van der Waals surface area contributed by atoms with Gasteiger partial charge in [-0.05, 0) is 42.1 Å². The van der Waals surface area contributed by atoms with Crippen molar-refractivity contribution in [3.63, 3.8) is 0 Å². The molecule has 0 atom stereocenters. The highest BCUT2D eigenvalue weighted by Crippen LogP contribution is 2.13. The van der Waals surface area contributed by atoms with Gasteiger partial charge in [0.15, 0.2) is 0 Å². The van der Waals surface area contributed by atoms with Gasteiger partial charge in [0.05, 0.1) is 18.1 Å². The van der Waals surface area contributed by atoms with Crippen molar-refractivity contribution in [2.45, 2.75) is 11.3 Å². The Morgan fingerprint density at radius 2 is 1.71 bits per heavy atom. The van der Waals surface area contributed by atoms with E-state index in [2.05, 4.69) is 4.72 Å². The zero-order valence-corrected chi connectivity index (χ0v) is 17.7. The van der Waals surface area contributed by atoms with E-state index in [1.807, 2.05) is 17.5 Å². The molecule has 1 aromatic heterocycles. The van der Waals surface area contributed by atoms with Crippen molar-refractivity contribution < 1.29 is 22.7 Å². The van der Waals surface area contributed by atoms with Crippen LogP contribution in [0.25, 0.3) is 0 Å². The molecule has 1 N–H and O–H groups in total. The van der Waals surface area contributed by atoms with Crippen molar-refractivity contribution in [2.75, 3.05) is 47.1 Å². The van der Waals surface area contributed by atoms with E-state index < -0.39 is 10.0 Å². The van der Waals surface area contributed by atoms with E-state index in [0.717, 1.165) is 4.88 Å². The predicted molar refractivity (Wildman–Crippen MR) is 109 cm³/mol. The molecule has 0 aliphatic carbocycles. The molecule has 28 heavy (non-hydrogen) atoms. The first-order valence-electron chi connectivity index (χ1n) is 8.87. The van der Waals surface area contributed by atoms with E-state index in [-0.39, 0.29) is 10.8 Å². The van der Waals surface area contributed by atoms with Gasteiger partial charge in [-0.25, -0.2) is 13.1 Å². The van der Waals surface area contributed by atoms with Gasteiger partial charge in [0.25, 0.3) is 5.91 Å². The standard InChI is InChI=1S/C19H26N2O5S2/c1-25-13-11-21(12-14-26-2)19(22)16-5-7-18(8-6-16)28(23,24)20-10-9-17-4-3-15-27-17/h3-8,15,20H,9-14H2,1-2H3. The van der Waals surface area contributed by atoms with Crippen molar-refractivity contribution >= 4 is 27.3 Å². The van der Waals surface area contributed by atoms with E-state index in [9.17, 15) is 13.2 Å². The molecule has 0 aliphatic rings. The molecule has 2 aromatic rings. The highest BCUT2D eigenvalue weighted by atomic mass is 32.2. The summed E-state index contributed by atoms with van der Waals surface area (Å²) in [6.07, 6.45) is 0.640. The van der Waals surface area contributed by atoms with Gasteiger partial charge < -0.3 is 14.4 Å². The lowest BCUT2D eigenvalue weighted by molar-refractivity contribution is 0.0627. The van der Waals surface area contributed by atoms with E-state index in [1.54, 1.807) is 30.5 Å². The Labute approximate surface area is 170 Å². The minimum atomic E-state index is -3.61. The van der Waals surface area contributed by atoms with Gasteiger partial charge >= 0.3 is 0 Å². The van der Waals surface area contributed by atoms with Crippen molar-refractivity contribution in [1.82, 2.24) is 9.62 Å². The van der Waals surface area contributed by atoms with Crippen LogP contribution in [0.2, 0.25) is 0 Å². The lowest BCUT2D eigenvalue weighted by atomic mass is 10.2. The Morgan fingerprint density at radius 1 is 1.07 bits per heavy atom. The maximum absolute atomic E-state index is 12.7. The molecule has 1 amide bonds. The molecule has 0 fully saturated rings. The zero-order chi connectivity index (χ0) is 20.4. The van der Waals surface area contributed by atoms with Crippen LogP contribution in [0.3, 0.4) is 0 Å². The summed E-state index contributed by atoms with van der Waals surface area (Å²) in [5, 5.41) is 1.96. The molecular weight excluding hydrogens is 400 g/mol. The maximum atomic E-state index is 12.7. The third kappa shape index (κ3) is 6.68. The van der Waals surface area contributed by atoms with Crippen LogP contribution >= 0.6 is 11.3 Å². The molecular formula is C19H26N2O5S2. The number of amides is 1.